The minimum absolute atomic E-state index is 0.144. The largest absolute Gasteiger partial charge is 0.373 e. The molecule has 0 fully saturated rings. The van der Waals surface area contributed by atoms with E-state index in [9.17, 15) is 18.5 Å². The number of sulfonamides is 1. The van der Waals surface area contributed by atoms with Gasteiger partial charge < -0.3 is 5.32 Å². The van der Waals surface area contributed by atoms with Crippen LogP contribution in [-0.4, -0.2) is 13.3 Å². The predicted octanol–water partition coefficient (Wildman–Crippen LogP) is 3.72. The Morgan fingerprint density at radius 1 is 1.21 bits per heavy atom. The van der Waals surface area contributed by atoms with Crippen molar-refractivity contribution < 1.29 is 13.3 Å². The number of nitrogens with one attached hydrogen (secondary N) is 1. The zero-order valence-corrected chi connectivity index (χ0v) is 14.7. The predicted molar refractivity (Wildman–Crippen MR) is 93.0 cm³/mol. The summed E-state index contributed by atoms with van der Waals surface area (Å²) in [5.74, 6) is 0. The average Bonchev–Trinajstić information content (AvgIpc) is 2.45. The van der Waals surface area contributed by atoms with Crippen molar-refractivity contribution in [2.75, 3.05) is 5.32 Å². The number of nitrogens with two attached hydrogens (primary N) is 1. The second-order valence-corrected chi connectivity index (χ2v) is 7.42. The van der Waals surface area contributed by atoms with E-state index in [1.54, 1.807) is 25.1 Å². The van der Waals surface area contributed by atoms with Crippen LogP contribution in [0.1, 0.15) is 18.5 Å². The Bertz CT molecular complexity index is 903. The summed E-state index contributed by atoms with van der Waals surface area (Å²) < 4.78 is 22.7. The highest BCUT2D eigenvalue weighted by atomic mass is 35.5. The molecule has 24 heavy (non-hydrogen) atoms. The van der Waals surface area contributed by atoms with Gasteiger partial charge in [-0.3, -0.25) is 10.1 Å². The van der Waals surface area contributed by atoms with Crippen LogP contribution >= 0.6 is 23.2 Å². The van der Waals surface area contributed by atoms with E-state index in [2.05, 4.69) is 5.32 Å². The molecule has 2 rings (SSSR count). The van der Waals surface area contributed by atoms with Gasteiger partial charge in [-0.15, -0.1) is 0 Å². The summed E-state index contributed by atoms with van der Waals surface area (Å²) in [5, 5.41) is 20.0. The van der Waals surface area contributed by atoms with Gasteiger partial charge in [0.05, 0.1) is 15.9 Å². The lowest BCUT2D eigenvalue weighted by molar-refractivity contribution is -0.384. The van der Waals surface area contributed by atoms with Crippen LogP contribution in [0.25, 0.3) is 0 Å². The van der Waals surface area contributed by atoms with E-state index in [-0.39, 0.29) is 16.6 Å². The molecule has 0 spiro atoms. The Morgan fingerprint density at radius 2 is 1.88 bits per heavy atom. The van der Waals surface area contributed by atoms with Crippen LogP contribution in [0.2, 0.25) is 10.0 Å². The number of hydrogen-bond acceptors (Lipinski definition) is 5. The highest BCUT2D eigenvalue weighted by molar-refractivity contribution is 7.89. The molecule has 0 aliphatic carbocycles. The Morgan fingerprint density at radius 3 is 2.42 bits per heavy atom. The van der Waals surface area contributed by atoms with Gasteiger partial charge in [-0.2, -0.15) is 0 Å². The smallest absolute Gasteiger partial charge is 0.293 e. The molecule has 0 saturated carbocycles. The molecule has 0 amide bonds. The lowest BCUT2D eigenvalue weighted by Crippen LogP contribution is -2.13. The van der Waals surface area contributed by atoms with Gasteiger partial charge in [0, 0.05) is 16.1 Å². The zero-order valence-electron chi connectivity index (χ0n) is 12.4. The van der Waals surface area contributed by atoms with E-state index in [1.165, 1.54) is 12.1 Å². The summed E-state index contributed by atoms with van der Waals surface area (Å²) in [7, 11) is -4.04. The van der Waals surface area contributed by atoms with Gasteiger partial charge in [0.25, 0.3) is 5.69 Å². The van der Waals surface area contributed by atoms with Crippen molar-refractivity contribution in [2.24, 2.45) is 5.14 Å². The Labute approximate surface area is 148 Å². The Kier molecular flexibility index (Phi) is 5.34. The van der Waals surface area contributed by atoms with Gasteiger partial charge in [-0.25, -0.2) is 13.6 Å². The monoisotopic (exact) mass is 389 g/mol. The highest BCUT2D eigenvalue weighted by Gasteiger charge is 2.21. The third kappa shape index (κ3) is 4.15. The number of hydrogen-bond donors (Lipinski definition) is 2. The van der Waals surface area contributed by atoms with Crippen molar-refractivity contribution in [3.63, 3.8) is 0 Å². The standard InChI is InChI=1S/C14H13Cl2N3O4S/c1-8(11-4-2-9(15)6-12(11)16)18-13-5-3-10(24(17,22)23)7-14(13)19(20)21/h2-8,18H,1H3,(H2,17,22,23)/t8-/m1/s1. The summed E-state index contributed by atoms with van der Waals surface area (Å²) in [5.41, 5.74) is 0.426. The van der Waals surface area contributed by atoms with Crippen LogP contribution in [0.15, 0.2) is 41.3 Å². The fourth-order valence-electron chi connectivity index (χ4n) is 2.13. The Balaban J connectivity index is 2.40. The molecular weight excluding hydrogens is 377 g/mol. The first-order valence-corrected chi connectivity index (χ1v) is 8.92. The van der Waals surface area contributed by atoms with Crippen molar-refractivity contribution in [1.29, 1.82) is 0 Å². The van der Waals surface area contributed by atoms with Crippen molar-refractivity contribution in [3.05, 3.63) is 62.1 Å². The van der Waals surface area contributed by atoms with Gasteiger partial charge >= 0.3 is 0 Å². The molecule has 0 saturated heterocycles. The van der Waals surface area contributed by atoms with E-state index < -0.39 is 20.6 Å². The van der Waals surface area contributed by atoms with Crippen LogP contribution < -0.4 is 10.5 Å². The maximum absolute atomic E-state index is 11.3. The molecule has 0 radical (unpaired) electrons. The van der Waals surface area contributed by atoms with E-state index in [0.717, 1.165) is 6.07 Å². The molecule has 3 N–H and O–H groups in total. The first-order chi connectivity index (χ1) is 11.1. The molecule has 2 aromatic rings. The number of anilines is 1. The van der Waals surface area contributed by atoms with Crippen LogP contribution in [0.3, 0.4) is 0 Å². The molecule has 0 aliphatic heterocycles. The number of halogens is 2. The van der Waals surface area contributed by atoms with Crippen molar-refractivity contribution in [2.45, 2.75) is 17.9 Å². The third-order valence-corrected chi connectivity index (χ3v) is 4.77. The summed E-state index contributed by atoms with van der Waals surface area (Å²) in [6.07, 6.45) is 0. The molecular formula is C14H13Cl2N3O4S. The van der Waals surface area contributed by atoms with Crippen molar-refractivity contribution in [3.8, 4) is 0 Å². The van der Waals surface area contributed by atoms with Gasteiger partial charge in [0.2, 0.25) is 10.0 Å². The Hall–Kier alpha value is -1.87. The lowest BCUT2D eigenvalue weighted by atomic mass is 10.1. The average molecular weight is 390 g/mol. The van der Waals surface area contributed by atoms with Crippen LogP contribution in [-0.2, 0) is 10.0 Å². The minimum Gasteiger partial charge on any atom is -0.373 e. The quantitative estimate of drug-likeness (QED) is 0.596. The minimum atomic E-state index is -4.04. The molecule has 1 atom stereocenters. The zero-order chi connectivity index (χ0) is 18.1. The molecule has 0 unspecified atom stereocenters. The maximum Gasteiger partial charge on any atom is 0.293 e. The second kappa shape index (κ2) is 6.94. The molecule has 128 valence electrons. The molecule has 0 aliphatic rings. The summed E-state index contributed by atoms with van der Waals surface area (Å²) >= 11 is 12.0. The van der Waals surface area contributed by atoms with Crippen LogP contribution in [0.4, 0.5) is 11.4 Å². The van der Waals surface area contributed by atoms with Gasteiger partial charge in [0.15, 0.2) is 0 Å². The molecule has 7 nitrogen and oxygen atoms in total. The summed E-state index contributed by atoms with van der Waals surface area (Å²) in [6.45, 7) is 1.76. The van der Waals surface area contributed by atoms with Gasteiger partial charge in [0.1, 0.15) is 5.69 Å². The van der Waals surface area contributed by atoms with Crippen molar-refractivity contribution >= 4 is 44.6 Å². The summed E-state index contributed by atoms with van der Waals surface area (Å²) in [6, 6.07) is 7.93. The van der Waals surface area contributed by atoms with Crippen molar-refractivity contribution in [1.82, 2.24) is 0 Å². The molecule has 0 aromatic heterocycles. The number of benzene rings is 2. The SMILES string of the molecule is C[C@@H](Nc1ccc(S(N)(=O)=O)cc1[N+](=O)[O-])c1ccc(Cl)cc1Cl. The fraction of sp³-hybridized carbons (Fsp3) is 0.143. The number of nitro groups is 1. The van der Waals surface area contributed by atoms with E-state index >= 15 is 0 Å². The van der Waals surface area contributed by atoms with E-state index in [4.69, 9.17) is 28.3 Å². The van der Waals surface area contributed by atoms with Crippen LogP contribution in [0.5, 0.6) is 0 Å². The topological polar surface area (TPSA) is 115 Å². The van der Waals surface area contributed by atoms with Crippen LogP contribution in [0, 0.1) is 10.1 Å². The normalized spacial score (nSPS) is 12.7. The first kappa shape index (κ1) is 18.5. The summed E-state index contributed by atoms with van der Waals surface area (Å²) in [4.78, 5) is 10.2. The number of nitrogens with zero attached hydrogens (tertiary/aromatic N) is 1. The molecule has 10 heteroatoms. The number of rotatable bonds is 5. The molecule has 0 heterocycles. The second-order valence-electron chi connectivity index (χ2n) is 5.01. The third-order valence-electron chi connectivity index (χ3n) is 3.30. The first-order valence-electron chi connectivity index (χ1n) is 6.62. The lowest BCUT2D eigenvalue weighted by Gasteiger charge is -2.17. The van der Waals surface area contributed by atoms with E-state index in [1.807, 2.05) is 0 Å². The molecule has 2 aromatic carbocycles. The molecule has 0 bridgehead atoms. The maximum atomic E-state index is 11.3. The van der Waals surface area contributed by atoms with Gasteiger partial charge in [-0.05, 0) is 36.8 Å². The van der Waals surface area contributed by atoms with Gasteiger partial charge in [-0.1, -0.05) is 29.3 Å². The number of nitro benzene ring substituents is 1. The fourth-order valence-corrected chi connectivity index (χ4v) is 3.23. The highest BCUT2D eigenvalue weighted by Crippen LogP contribution is 2.33. The van der Waals surface area contributed by atoms with E-state index in [0.29, 0.717) is 15.6 Å². The number of primary sulfonamides is 1.